The summed E-state index contributed by atoms with van der Waals surface area (Å²) in [7, 11) is 0. The van der Waals surface area contributed by atoms with Crippen LogP contribution in [0.2, 0.25) is 0 Å². The summed E-state index contributed by atoms with van der Waals surface area (Å²) in [6, 6.07) is 4.43. The van der Waals surface area contributed by atoms with Gasteiger partial charge < -0.3 is 5.32 Å². The number of benzene rings is 1. The van der Waals surface area contributed by atoms with Crippen molar-refractivity contribution in [1.82, 2.24) is 10.2 Å². The second-order valence-electron chi connectivity index (χ2n) is 6.60. The Balaban J connectivity index is 2.01. The largest absolute Gasteiger partial charge is 0.311 e. The van der Waals surface area contributed by atoms with Crippen molar-refractivity contribution in [2.75, 3.05) is 13.1 Å². The van der Waals surface area contributed by atoms with Crippen LogP contribution >= 0.6 is 0 Å². The van der Waals surface area contributed by atoms with Gasteiger partial charge in [0.2, 0.25) is 0 Å². The lowest BCUT2D eigenvalue weighted by Crippen LogP contribution is -2.45. The minimum Gasteiger partial charge on any atom is -0.311 e. The van der Waals surface area contributed by atoms with Gasteiger partial charge in [-0.2, -0.15) is 0 Å². The van der Waals surface area contributed by atoms with Gasteiger partial charge in [0.1, 0.15) is 11.6 Å². The van der Waals surface area contributed by atoms with Crippen LogP contribution in [0.3, 0.4) is 0 Å². The molecule has 0 bridgehead atoms. The smallest absolute Gasteiger partial charge is 0.130 e. The van der Waals surface area contributed by atoms with Gasteiger partial charge in [0, 0.05) is 30.2 Å². The van der Waals surface area contributed by atoms with Crippen molar-refractivity contribution < 1.29 is 8.78 Å². The highest BCUT2D eigenvalue weighted by Crippen LogP contribution is 2.22. The molecule has 2 rings (SSSR count). The monoisotopic (exact) mass is 282 g/mol. The second-order valence-corrected chi connectivity index (χ2v) is 6.60. The van der Waals surface area contributed by atoms with E-state index in [0.29, 0.717) is 12.6 Å². The molecule has 2 nitrogen and oxygen atoms in total. The normalized spacial score (nSPS) is 20.6. The van der Waals surface area contributed by atoms with Crippen molar-refractivity contribution in [3.05, 3.63) is 35.4 Å². The molecule has 112 valence electrons. The highest BCUT2D eigenvalue weighted by molar-refractivity contribution is 5.19. The first-order valence-corrected chi connectivity index (χ1v) is 7.29. The van der Waals surface area contributed by atoms with E-state index in [9.17, 15) is 8.78 Å². The van der Waals surface area contributed by atoms with Crippen molar-refractivity contribution in [2.24, 2.45) is 0 Å². The van der Waals surface area contributed by atoms with Crippen molar-refractivity contribution in [3.8, 4) is 0 Å². The van der Waals surface area contributed by atoms with Crippen LogP contribution in [0, 0.1) is 11.6 Å². The SMILES string of the molecule is CC(C)(C)NCC1CCCN1Cc1c(F)cccc1F. The number of likely N-dealkylation sites (tertiary alicyclic amines) is 1. The highest BCUT2D eigenvalue weighted by Gasteiger charge is 2.27. The average Bonchev–Trinajstić information content (AvgIpc) is 2.78. The van der Waals surface area contributed by atoms with Gasteiger partial charge in [-0.3, -0.25) is 4.90 Å². The van der Waals surface area contributed by atoms with Gasteiger partial charge in [0.25, 0.3) is 0 Å². The van der Waals surface area contributed by atoms with E-state index in [1.165, 1.54) is 18.2 Å². The summed E-state index contributed by atoms with van der Waals surface area (Å²) >= 11 is 0. The van der Waals surface area contributed by atoms with Crippen molar-refractivity contribution >= 4 is 0 Å². The van der Waals surface area contributed by atoms with Crippen LogP contribution in [-0.2, 0) is 6.54 Å². The molecule has 1 heterocycles. The second kappa shape index (κ2) is 6.19. The summed E-state index contributed by atoms with van der Waals surface area (Å²) in [5.74, 6) is -0.890. The van der Waals surface area contributed by atoms with E-state index >= 15 is 0 Å². The predicted octanol–water partition coefficient (Wildman–Crippen LogP) is 3.32. The van der Waals surface area contributed by atoms with E-state index in [1.54, 1.807) is 0 Å². The molecule has 0 amide bonds. The quantitative estimate of drug-likeness (QED) is 0.911. The van der Waals surface area contributed by atoms with Crippen LogP contribution < -0.4 is 5.32 Å². The summed E-state index contributed by atoms with van der Waals surface area (Å²) in [6.07, 6.45) is 2.17. The van der Waals surface area contributed by atoms with Crippen LogP contribution in [0.15, 0.2) is 18.2 Å². The Morgan fingerprint density at radius 3 is 2.50 bits per heavy atom. The molecule has 1 N–H and O–H groups in total. The summed E-state index contributed by atoms with van der Waals surface area (Å²) in [5.41, 5.74) is 0.257. The number of nitrogens with one attached hydrogen (secondary N) is 1. The molecule has 1 fully saturated rings. The van der Waals surface area contributed by atoms with Crippen LogP contribution in [-0.4, -0.2) is 29.6 Å². The van der Waals surface area contributed by atoms with Gasteiger partial charge >= 0.3 is 0 Å². The first kappa shape index (κ1) is 15.4. The molecule has 20 heavy (non-hydrogen) atoms. The number of hydrogen-bond donors (Lipinski definition) is 1. The molecule has 1 atom stereocenters. The molecule has 0 aliphatic carbocycles. The lowest BCUT2D eigenvalue weighted by atomic mass is 10.1. The first-order valence-electron chi connectivity index (χ1n) is 7.29. The number of nitrogens with zero attached hydrogens (tertiary/aromatic N) is 1. The number of halogens is 2. The Morgan fingerprint density at radius 2 is 1.90 bits per heavy atom. The zero-order chi connectivity index (χ0) is 14.8. The molecule has 1 saturated heterocycles. The fourth-order valence-electron chi connectivity index (χ4n) is 2.64. The molecule has 1 unspecified atom stereocenters. The predicted molar refractivity (Wildman–Crippen MR) is 77.5 cm³/mol. The van der Waals surface area contributed by atoms with E-state index in [-0.39, 0.29) is 11.1 Å². The maximum absolute atomic E-state index is 13.7. The fourth-order valence-corrected chi connectivity index (χ4v) is 2.64. The van der Waals surface area contributed by atoms with Gasteiger partial charge in [0.05, 0.1) is 0 Å². The third-order valence-corrected chi connectivity index (χ3v) is 3.79. The molecular formula is C16H24F2N2. The Kier molecular flexibility index (Phi) is 4.76. The molecule has 4 heteroatoms. The molecule has 1 aliphatic heterocycles. The zero-order valence-corrected chi connectivity index (χ0v) is 12.5. The van der Waals surface area contributed by atoms with Crippen molar-refractivity contribution in [1.29, 1.82) is 0 Å². The molecule has 0 radical (unpaired) electrons. The first-order chi connectivity index (χ1) is 9.37. The summed E-state index contributed by atoms with van der Waals surface area (Å²) in [5, 5.41) is 3.48. The average molecular weight is 282 g/mol. The van der Waals surface area contributed by atoms with Crippen LogP contribution in [0.25, 0.3) is 0 Å². The van der Waals surface area contributed by atoms with Crippen molar-refractivity contribution in [3.63, 3.8) is 0 Å². The Labute approximate surface area is 120 Å². The van der Waals surface area contributed by atoms with Crippen LogP contribution in [0.1, 0.15) is 39.2 Å². The Morgan fingerprint density at radius 1 is 1.25 bits per heavy atom. The maximum Gasteiger partial charge on any atom is 0.130 e. The lowest BCUT2D eigenvalue weighted by Gasteiger charge is -2.29. The van der Waals surface area contributed by atoms with Crippen LogP contribution in [0.5, 0.6) is 0 Å². The number of hydrogen-bond acceptors (Lipinski definition) is 2. The third-order valence-electron chi connectivity index (χ3n) is 3.79. The fraction of sp³-hybridized carbons (Fsp3) is 0.625. The topological polar surface area (TPSA) is 15.3 Å². The Bertz CT molecular complexity index is 434. The van der Waals surface area contributed by atoms with E-state index in [4.69, 9.17) is 0 Å². The highest BCUT2D eigenvalue weighted by atomic mass is 19.1. The van der Waals surface area contributed by atoms with Gasteiger partial charge in [-0.1, -0.05) is 6.07 Å². The van der Waals surface area contributed by atoms with Gasteiger partial charge in [-0.15, -0.1) is 0 Å². The molecular weight excluding hydrogens is 258 g/mol. The maximum atomic E-state index is 13.7. The van der Waals surface area contributed by atoms with E-state index < -0.39 is 11.6 Å². The lowest BCUT2D eigenvalue weighted by molar-refractivity contribution is 0.220. The van der Waals surface area contributed by atoms with Crippen molar-refractivity contribution in [2.45, 2.75) is 51.7 Å². The van der Waals surface area contributed by atoms with Gasteiger partial charge in [0.15, 0.2) is 0 Å². The zero-order valence-electron chi connectivity index (χ0n) is 12.5. The van der Waals surface area contributed by atoms with Crippen LogP contribution in [0.4, 0.5) is 8.78 Å². The summed E-state index contributed by atoms with van der Waals surface area (Å²) in [6.45, 7) is 8.51. The summed E-state index contributed by atoms with van der Waals surface area (Å²) in [4.78, 5) is 2.18. The Hall–Kier alpha value is -1.00. The van der Waals surface area contributed by atoms with Gasteiger partial charge in [-0.05, 0) is 52.3 Å². The van der Waals surface area contributed by atoms with E-state index in [2.05, 4.69) is 31.0 Å². The molecule has 0 saturated carbocycles. The van der Waals surface area contributed by atoms with Gasteiger partial charge in [-0.25, -0.2) is 8.78 Å². The van der Waals surface area contributed by atoms with E-state index in [1.807, 2.05) is 0 Å². The molecule has 0 aromatic heterocycles. The third kappa shape index (κ3) is 4.00. The molecule has 0 spiro atoms. The minimum absolute atomic E-state index is 0.0670. The minimum atomic E-state index is -0.445. The summed E-state index contributed by atoms with van der Waals surface area (Å²) < 4.78 is 27.4. The number of rotatable bonds is 4. The standard InChI is InChI=1S/C16H24F2N2/c1-16(2,3)19-10-12-6-5-9-20(12)11-13-14(17)7-4-8-15(13)18/h4,7-8,12,19H,5-6,9-11H2,1-3H3. The molecule has 1 aliphatic rings. The molecule has 1 aromatic carbocycles. The molecule has 1 aromatic rings. The van der Waals surface area contributed by atoms with E-state index in [0.717, 1.165) is 25.9 Å².